The van der Waals surface area contributed by atoms with E-state index in [2.05, 4.69) is 27.3 Å². The summed E-state index contributed by atoms with van der Waals surface area (Å²) in [5, 5.41) is 9.55. The van der Waals surface area contributed by atoms with E-state index in [1.54, 1.807) is 29.2 Å². The van der Waals surface area contributed by atoms with Gasteiger partial charge < -0.3 is 10.2 Å². The Hall–Kier alpha value is -3.43. The number of amides is 1. The van der Waals surface area contributed by atoms with Gasteiger partial charge in [0.25, 0.3) is 11.9 Å². The second-order valence-electron chi connectivity index (χ2n) is 8.83. The number of carbonyl (C=O) groups excluding carboxylic acids is 1. The van der Waals surface area contributed by atoms with Gasteiger partial charge in [0.05, 0.1) is 22.3 Å². The molecule has 0 unspecified atom stereocenters. The molecule has 1 aliphatic heterocycles. The predicted molar refractivity (Wildman–Crippen MR) is 135 cm³/mol. The van der Waals surface area contributed by atoms with E-state index in [4.69, 9.17) is 4.98 Å². The van der Waals surface area contributed by atoms with Crippen LogP contribution in [0.5, 0.6) is 0 Å². The Balaban J connectivity index is 1.46. The Labute approximate surface area is 207 Å². The van der Waals surface area contributed by atoms with Crippen molar-refractivity contribution >= 4 is 17.2 Å². The second kappa shape index (κ2) is 10.1. The topological polar surface area (TPSA) is 75.9 Å². The molecule has 1 N–H and O–H groups in total. The molecule has 4 aromatic rings. The molecule has 180 valence electrons. The van der Waals surface area contributed by atoms with Crippen LogP contribution in [0.3, 0.4) is 0 Å². The molecule has 0 spiro atoms. The molecule has 3 aromatic heterocycles. The van der Waals surface area contributed by atoms with Gasteiger partial charge in [-0.1, -0.05) is 6.07 Å². The van der Waals surface area contributed by atoms with E-state index in [-0.39, 0.29) is 11.7 Å². The number of rotatable bonds is 7. The lowest BCUT2D eigenvalue weighted by Crippen LogP contribution is -2.31. The van der Waals surface area contributed by atoms with Crippen molar-refractivity contribution < 1.29 is 9.18 Å². The largest absolute Gasteiger partial charge is 0.352 e. The molecule has 1 fully saturated rings. The average molecular weight is 491 g/mol. The molecule has 35 heavy (non-hydrogen) atoms. The molecule has 5 rings (SSSR count). The van der Waals surface area contributed by atoms with Crippen LogP contribution in [0.15, 0.2) is 54.2 Å². The number of likely N-dealkylation sites (tertiary alicyclic amines) is 1. The Bertz CT molecular complexity index is 1320. The zero-order valence-electron chi connectivity index (χ0n) is 19.7. The minimum absolute atomic E-state index is 0.161. The highest BCUT2D eigenvalue weighted by Gasteiger charge is 2.24. The lowest BCUT2D eigenvalue weighted by atomic mass is 10.1. The summed E-state index contributed by atoms with van der Waals surface area (Å²) in [6.07, 6.45) is 6.60. The summed E-state index contributed by atoms with van der Waals surface area (Å²) in [6.45, 7) is 3.63. The number of carbonyl (C=O) groups is 1. The molecule has 1 aromatic carbocycles. The SMILES string of the molecule is Cc1cnc(-n2ncc(C(=O)NCC[C@H]3CCCN3C)c2-c2cccs2)nc1-c1ccc(F)cc1. The van der Waals surface area contributed by atoms with E-state index in [0.29, 0.717) is 35.5 Å². The molecule has 1 aliphatic rings. The third-order valence-corrected chi connectivity index (χ3v) is 7.35. The van der Waals surface area contributed by atoms with Crippen LogP contribution in [0.4, 0.5) is 4.39 Å². The van der Waals surface area contributed by atoms with Gasteiger partial charge in [0.1, 0.15) is 11.5 Å². The molecule has 0 radical (unpaired) electrons. The number of nitrogens with zero attached hydrogens (tertiary/aromatic N) is 5. The number of aromatic nitrogens is 4. The molecule has 1 amide bonds. The Morgan fingerprint density at radius 3 is 2.77 bits per heavy atom. The van der Waals surface area contributed by atoms with Crippen molar-refractivity contribution in [1.29, 1.82) is 0 Å². The minimum Gasteiger partial charge on any atom is -0.352 e. The van der Waals surface area contributed by atoms with Crippen molar-refractivity contribution in [1.82, 2.24) is 30.0 Å². The Morgan fingerprint density at radius 2 is 2.06 bits per heavy atom. The van der Waals surface area contributed by atoms with Crippen molar-refractivity contribution in [2.75, 3.05) is 20.1 Å². The number of nitrogens with one attached hydrogen (secondary N) is 1. The van der Waals surface area contributed by atoms with E-state index in [9.17, 15) is 9.18 Å². The number of hydrogen-bond donors (Lipinski definition) is 1. The van der Waals surface area contributed by atoms with Gasteiger partial charge in [0.15, 0.2) is 0 Å². The van der Waals surface area contributed by atoms with Crippen LogP contribution in [0, 0.1) is 12.7 Å². The van der Waals surface area contributed by atoms with Gasteiger partial charge >= 0.3 is 0 Å². The van der Waals surface area contributed by atoms with Crippen LogP contribution in [-0.2, 0) is 0 Å². The Kier molecular flexibility index (Phi) is 6.70. The summed E-state index contributed by atoms with van der Waals surface area (Å²) >= 11 is 1.53. The van der Waals surface area contributed by atoms with Crippen molar-refractivity contribution in [2.24, 2.45) is 0 Å². The first-order valence-electron chi connectivity index (χ1n) is 11.7. The number of thiophene rings is 1. The molecule has 9 heteroatoms. The van der Waals surface area contributed by atoms with Gasteiger partial charge in [-0.15, -0.1) is 11.3 Å². The first-order valence-corrected chi connectivity index (χ1v) is 12.6. The molecular weight excluding hydrogens is 463 g/mol. The highest BCUT2D eigenvalue weighted by molar-refractivity contribution is 7.13. The summed E-state index contributed by atoms with van der Waals surface area (Å²) in [7, 11) is 2.14. The maximum Gasteiger partial charge on any atom is 0.255 e. The van der Waals surface area contributed by atoms with Crippen LogP contribution in [0.25, 0.3) is 27.8 Å². The van der Waals surface area contributed by atoms with Gasteiger partial charge in [0.2, 0.25) is 0 Å². The van der Waals surface area contributed by atoms with E-state index in [1.807, 2.05) is 24.4 Å². The van der Waals surface area contributed by atoms with Crippen LogP contribution in [0.1, 0.15) is 35.2 Å². The zero-order valence-corrected chi connectivity index (χ0v) is 20.6. The molecule has 1 saturated heterocycles. The number of hydrogen-bond acceptors (Lipinski definition) is 6. The summed E-state index contributed by atoms with van der Waals surface area (Å²) in [6, 6.07) is 10.6. The zero-order chi connectivity index (χ0) is 24.4. The second-order valence-corrected chi connectivity index (χ2v) is 9.77. The summed E-state index contributed by atoms with van der Waals surface area (Å²) in [4.78, 5) is 25.7. The number of benzene rings is 1. The van der Waals surface area contributed by atoms with E-state index in [0.717, 1.165) is 29.0 Å². The predicted octanol–water partition coefficient (Wildman–Crippen LogP) is 4.72. The van der Waals surface area contributed by atoms with Gasteiger partial charge in [-0.3, -0.25) is 4.79 Å². The number of halogens is 1. The molecule has 7 nitrogen and oxygen atoms in total. The average Bonchev–Trinajstić information content (AvgIpc) is 3.61. The standard InChI is InChI=1S/C26H27FN6OS/c1-17-15-29-26(31-23(17)18-7-9-19(27)10-8-18)33-24(22-6-4-14-35-22)21(16-30-33)25(34)28-12-11-20-5-3-13-32(20)2/h4,6-10,14-16,20H,3,5,11-13H2,1-2H3,(H,28,34)/t20-/m1/s1. The van der Waals surface area contributed by atoms with E-state index >= 15 is 0 Å². The lowest BCUT2D eigenvalue weighted by Gasteiger charge is -2.19. The third kappa shape index (κ3) is 4.87. The smallest absolute Gasteiger partial charge is 0.255 e. The fraction of sp³-hybridized carbons (Fsp3) is 0.308. The highest BCUT2D eigenvalue weighted by Crippen LogP contribution is 2.31. The number of aryl methyl sites for hydroxylation is 1. The molecule has 0 saturated carbocycles. The first kappa shape index (κ1) is 23.3. The van der Waals surface area contributed by atoms with E-state index in [1.165, 1.54) is 36.3 Å². The Morgan fingerprint density at radius 1 is 1.23 bits per heavy atom. The summed E-state index contributed by atoms with van der Waals surface area (Å²) in [5.41, 5.74) is 3.48. The van der Waals surface area contributed by atoms with Gasteiger partial charge in [0, 0.05) is 24.3 Å². The normalized spacial score (nSPS) is 16.0. The van der Waals surface area contributed by atoms with Crippen molar-refractivity contribution in [3.05, 3.63) is 71.1 Å². The van der Waals surface area contributed by atoms with Crippen LogP contribution in [-0.4, -0.2) is 56.7 Å². The lowest BCUT2D eigenvalue weighted by molar-refractivity contribution is 0.0951. The molecule has 0 aliphatic carbocycles. The summed E-state index contributed by atoms with van der Waals surface area (Å²) < 4.78 is 15.1. The van der Waals surface area contributed by atoms with Gasteiger partial charge in [-0.2, -0.15) is 9.78 Å². The van der Waals surface area contributed by atoms with Crippen molar-refractivity contribution in [3.63, 3.8) is 0 Å². The first-order chi connectivity index (χ1) is 17.0. The molecule has 4 heterocycles. The van der Waals surface area contributed by atoms with Crippen LogP contribution < -0.4 is 5.32 Å². The molecule has 0 bridgehead atoms. The van der Waals surface area contributed by atoms with E-state index < -0.39 is 0 Å². The minimum atomic E-state index is -0.303. The molecule has 1 atom stereocenters. The maximum absolute atomic E-state index is 13.4. The van der Waals surface area contributed by atoms with Crippen LogP contribution in [0.2, 0.25) is 0 Å². The van der Waals surface area contributed by atoms with Gasteiger partial charge in [-0.25, -0.2) is 14.4 Å². The fourth-order valence-electron chi connectivity index (χ4n) is 4.54. The fourth-order valence-corrected chi connectivity index (χ4v) is 5.31. The van der Waals surface area contributed by atoms with Crippen LogP contribution >= 0.6 is 11.3 Å². The summed E-state index contributed by atoms with van der Waals surface area (Å²) in [5.74, 6) is -0.112. The highest BCUT2D eigenvalue weighted by atomic mass is 32.1. The van der Waals surface area contributed by atoms with Crippen molar-refractivity contribution in [2.45, 2.75) is 32.2 Å². The molecular formula is C26H27FN6OS. The quantitative estimate of drug-likeness (QED) is 0.406. The third-order valence-electron chi connectivity index (χ3n) is 6.47. The monoisotopic (exact) mass is 490 g/mol. The maximum atomic E-state index is 13.4. The van der Waals surface area contributed by atoms with Crippen molar-refractivity contribution in [3.8, 4) is 27.8 Å². The van der Waals surface area contributed by atoms with Gasteiger partial charge in [-0.05, 0) is 81.1 Å².